The maximum Gasteiger partial charge on any atom is 0.252 e. The molecule has 0 radical (unpaired) electrons. The molecule has 0 aliphatic heterocycles. The second kappa shape index (κ2) is 11.1. The summed E-state index contributed by atoms with van der Waals surface area (Å²) in [5, 5.41) is 15.8. The molecule has 1 N–H and O–H groups in total. The van der Waals surface area contributed by atoms with E-state index in [2.05, 4.69) is 54.5 Å². The van der Waals surface area contributed by atoms with Crippen LogP contribution in [0.2, 0.25) is 0 Å². The first-order valence-corrected chi connectivity index (χ1v) is 12.7. The molecule has 0 saturated carbocycles. The van der Waals surface area contributed by atoms with Crippen LogP contribution in [0.1, 0.15) is 42.0 Å². The Balaban J connectivity index is 1.55. The van der Waals surface area contributed by atoms with Crippen molar-refractivity contribution in [1.82, 2.24) is 10.3 Å². The summed E-state index contributed by atoms with van der Waals surface area (Å²) < 4.78 is 0.712. The van der Waals surface area contributed by atoms with Gasteiger partial charge < -0.3 is 10.5 Å². The maximum absolute atomic E-state index is 13.4. The largest absolute Gasteiger partial charge is 0.619 e. The van der Waals surface area contributed by atoms with Crippen LogP contribution >= 0.6 is 0 Å². The predicted octanol–water partition coefficient (Wildman–Crippen LogP) is 6.52. The minimum atomic E-state index is -0.211. The van der Waals surface area contributed by atoms with Gasteiger partial charge in [-0.05, 0) is 64.1 Å². The lowest BCUT2D eigenvalue weighted by Crippen LogP contribution is -2.26. The van der Waals surface area contributed by atoms with Crippen molar-refractivity contribution in [1.29, 1.82) is 0 Å². The number of benzene rings is 3. The number of nitrogens with zero attached hydrogens (tertiary/aromatic N) is 2. The van der Waals surface area contributed by atoms with Gasteiger partial charge in [0.05, 0.1) is 5.52 Å². The smallest absolute Gasteiger partial charge is 0.252 e. The van der Waals surface area contributed by atoms with Crippen molar-refractivity contribution < 1.29 is 9.52 Å². The fourth-order valence-corrected chi connectivity index (χ4v) is 4.48. The number of hydrogen-bond acceptors (Lipinski definition) is 3. The molecule has 0 aliphatic carbocycles. The highest BCUT2D eigenvalue weighted by atomic mass is 16.5. The summed E-state index contributed by atoms with van der Waals surface area (Å²) in [6.07, 6.45) is 6.49. The Bertz CT molecular complexity index is 1610. The van der Waals surface area contributed by atoms with Gasteiger partial charge in [0.2, 0.25) is 0 Å². The molecule has 0 unspecified atom stereocenters. The number of pyridine rings is 2. The molecule has 1 amide bonds. The van der Waals surface area contributed by atoms with E-state index in [9.17, 15) is 10.0 Å². The van der Waals surface area contributed by atoms with Gasteiger partial charge in [-0.3, -0.25) is 9.78 Å². The quantitative estimate of drug-likeness (QED) is 0.158. The molecule has 5 nitrogen and oxygen atoms in total. The number of amides is 1. The lowest BCUT2D eigenvalue weighted by atomic mass is 9.93. The molecule has 2 aromatic heterocycles. The van der Waals surface area contributed by atoms with E-state index in [0.29, 0.717) is 28.3 Å². The number of rotatable bonds is 7. The summed E-state index contributed by atoms with van der Waals surface area (Å²) in [5.41, 5.74) is 7.32. The maximum atomic E-state index is 13.4. The van der Waals surface area contributed by atoms with Crippen molar-refractivity contribution in [2.24, 2.45) is 0 Å². The summed E-state index contributed by atoms with van der Waals surface area (Å²) in [7, 11) is 0. The van der Waals surface area contributed by atoms with Gasteiger partial charge in [0.1, 0.15) is 0 Å². The van der Waals surface area contributed by atoms with Crippen molar-refractivity contribution in [3.63, 3.8) is 0 Å². The van der Waals surface area contributed by atoms with E-state index >= 15 is 0 Å². The molecule has 38 heavy (non-hydrogen) atoms. The van der Waals surface area contributed by atoms with Crippen LogP contribution in [0.15, 0.2) is 110 Å². The summed E-state index contributed by atoms with van der Waals surface area (Å²) in [4.78, 5) is 18.1. The van der Waals surface area contributed by atoms with Gasteiger partial charge in [0, 0.05) is 41.4 Å². The molecule has 0 bridgehead atoms. The predicted molar refractivity (Wildman–Crippen MR) is 153 cm³/mol. The first-order chi connectivity index (χ1) is 18.5. The number of hydrogen-bond donors (Lipinski definition) is 1. The third-order valence-corrected chi connectivity index (χ3v) is 6.56. The minimum absolute atomic E-state index is 0.211. The van der Waals surface area contributed by atoms with Crippen molar-refractivity contribution in [2.75, 3.05) is 0 Å². The molecule has 188 valence electrons. The molecule has 0 spiro atoms. The highest BCUT2D eigenvalue weighted by Crippen LogP contribution is 2.32. The SMILES string of the molecule is CC(C)c1cc(-c2cccc(/C=C(\C(=O)NCc3ccccc3)c3cc[n+]([O-])cc3)c2)c2ncccc2c1. The molecule has 0 saturated heterocycles. The summed E-state index contributed by atoms with van der Waals surface area (Å²) >= 11 is 0. The second-order valence-electron chi connectivity index (χ2n) is 9.60. The number of nitrogens with one attached hydrogen (secondary N) is 1. The summed E-state index contributed by atoms with van der Waals surface area (Å²) in [5.74, 6) is 0.167. The lowest BCUT2D eigenvalue weighted by molar-refractivity contribution is -0.605. The first-order valence-electron chi connectivity index (χ1n) is 12.7. The van der Waals surface area contributed by atoms with Crippen LogP contribution in [-0.2, 0) is 11.3 Å². The van der Waals surface area contributed by atoms with Crippen LogP contribution in [0.5, 0.6) is 0 Å². The highest BCUT2D eigenvalue weighted by molar-refractivity contribution is 6.24. The van der Waals surface area contributed by atoms with Crippen LogP contribution in [-0.4, -0.2) is 10.9 Å². The van der Waals surface area contributed by atoms with Crippen molar-refractivity contribution in [3.05, 3.63) is 137 Å². The molecule has 0 atom stereocenters. The molecule has 2 heterocycles. The third-order valence-electron chi connectivity index (χ3n) is 6.56. The molecule has 0 fully saturated rings. The zero-order valence-electron chi connectivity index (χ0n) is 21.5. The van der Waals surface area contributed by atoms with Gasteiger partial charge in [0.25, 0.3) is 5.91 Å². The van der Waals surface area contributed by atoms with Crippen LogP contribution in [0.3, 0.4) is 0 Å². The van der Waals surface area contributed by atoms with Crippen molar-refractivity contribution >= 4 is 28.5 Å². The summed E-state index contributed by atoms with van der Waals surface area (Å²) in [6.45, 7) is 4.78. The number of carbonyl (C=O) groups excluding carboxylic acids is 1. The average molecular weight is 500 g/mol. The molecule has 5 aromatic rings. The molecule has 0 aliphatic rings. The van der Waals surface area contributed by atoms with Crippen LogP contribution in [0.25, 0.3) is 33.7 Å². The normalized spacial score (nSPS) is 11.6. The van der Waals surface area contributed by atoms with Gasteiger partial charge in [-0.25, -0.2) is 0 Å². The Hall–Kier alpha value is -4.77. The topological polar surface area (TPSA) is 68.9 Å². The van der Waals surface area contributed by atoms with E-state index in [1.807, 2.05) is 60.8 Å². The lowest BCUT2D eigenvalue weighted by Gasteiger charge is -2.13. The Kier molecular flexibility index (Phi) is 7.27. The van der Waals surface area contributed by atoms with Gasteiger partial charge in [-0.2, -0.15) is 4.73 Å². The van der Waals surface area contributed by atoms with Crippen LogP contribution in [0.4, 0.5) is 0 Å². The fraction of sp³-hybridized carbons (Fsp3) is 0.121. The van der Waals surface area contributed by atoms with Gasteiger partial charge in [0.15, 0.2) is 12.4 Å². The highest BCUT2D eigenvalue weighted by Gasteiger charge is 2.15. The number of carbonyl (C=O) groups is 1. The Morgan fingerprint density at radius 3 is 2.50 bits per heavy atom. The molecular formula is C33H29N3O2. The Morgan fingerprint density at radius 1 is 0.947 bits per heavy atom. The van der Waals surface area contributed by atoms with Crippen molar-refractivity contribution in [2.45, 2.75) is 26.3 Å². The monoisotopic (exact) mass is 499 g/mol. The summed E-state index contributed by atoms with van der Waals surface area (Å²) in [6, 6.07) is 29.7. The van der Waals surface area contributed by atoms with Gasteiger partial charge >= 0.3 is 0 Å². The van der Waals surface area contributed by atoms with E-state index in [4.69, 9.17) is 0 Å². The third kappa shape index (κ3) is 5.62. The van der Waals surface area contributed by atoms with E-state index in [0.717, 1.165) is 33.2 Å². The van der Waals surface area contributed by atoms with Gasteiger partial charge in [-0.15, -0.1) is 0 Å². The second-order valence-corrected chi connectivity index (χ2v) is 9.60. The van der Waals surface area contributed by atoms with Crippen molar-refractivity contribution in [3.8, 4) is 11.1 Å². The van der Waals surface area contributed by atoms with E-state index in [-0.39, 0.29) is 5.91 Å². The van der Waals surface area contributed by atoms with E-state index in [1.165, 1.54) is 18.0 Å². The van der Waals surface area contributed by atoms with E-state index < -0.39 is 0 Å². The standard InChI is InChI=1S/C33H29N3O2/c1-23(2)29-20-28-12-7-15-34-32(28)30(21-29)27-11-6-10-25(18-27)19-31(26-13-16-36(38)17-14-26)33(37)35-22-24-8-4-3-5-9-24/h3-21,23H,22H2,1-2H3,(H,35,37)/b31-19-. The number of aromatic nitrogens is 2. The minimum Gasteiger partial charge on any atom is -0.619 e. The fourth-order valence-electron chi connectivity index (χ4n) is 4.48. The molecule has 3 aromatic carbocycles. The zero-order valence-corrected chi connectivity index (χ0v) is 21.5. The average Bonchev–Trinajstić information content (AvgIpc) is 2.95. The van der Waals surface area contributed by atoms with Crippen LogP contribution < -0.4 is 10.0 Å². The van der Waals surface area contributed by atoms with Gasteiger partial charge in [-0.1, -0.05) is 68.4 Å². The number of fused-ring (bicyclic) bond motifs is 1. The molecule has 5 heteroatoms. The first kappa shape index (κ1) is 24.9. The Labute approximate surface area is 222 Å². The molecular weight excluding hydrogens is 470 g/mol. The zero-order chi connectivity index (χ0) is 26.5. The van der Waals surface area contributed by atoms with Crippen LogP contribution in [0, 0.1) is 5.21 Å². The molecule has 5 rings (SSSR count). The Morgan fingerprint density at radius 2 is 1.74 bits per heavy atom. The van der Waals surface area contributed by atoms with E-state index in [1.54, 1.807) is 12.1 Å².